The zero-order valence-electron chi connectivity index (χ0n) is 10.5. The second kappa shape index (κ2) is 8.39. The van der Waals surface area contributed by atoms with Crippen molar-refractivity contribution < 1.29 is 9.84 Å². The van der Waals surface area contributed by atoms with E-state index in [9.17, 15) is 0 Å². The lowest BCUT2D eigenvalue weighted by Gasteiger charge is -2.16. The topological polar surface area (TPSA) is 41.5 Å². The average molecular weight is 255 g/mol. The molecule has 0 fully saturated rings. The highest BCUT2D eigenvalue weighted by Crippen LogP contribution is 2.22. The van der Waals surface area contributed by atoms with Crippen molar-refractivity contribution in [3.8, 4) is 5.75 Å². The fourth-order valence-corrected chi connectivity index (χ4v) is 2.67. The molecule has 0 saturated heterocycles. The Labute approximate surface area is 108 Å². The Kier molecular flexibility index (Phi) is 7.08. The number of benzene rings is 1. The molecular weight excluding hydrogens is 234 g/mol. The molecule has 4 heteroatoms. The van der Waals surface area contributed by atoms with Crippen LogP contribution in [0.5, 0.6) is 5.75 Å². The van der Waals surface area contributed by atoms with Gasteiger partial charge in [-0.25, -0.2) is 0 Å². The van der Waals surface area contributed by atoms with E-state index >= 15 is 0 Å². The monoisotopic (exact) mass is 255 g/mol. The van der Waals surface area contributed by atoms with Crippen LogP contribution in [0.3, 0.4) is 0 Å². The quantitative estimate of drug-likeness (QED) is 0.698. The number of aliphatic hydroxyl groups is 1. The van der Waals surface area contributed by atoms with Gasteiger partial charge < -0.3 is 15.2 Å². The van der Waals surface area contributed by atoms with E-state index < -0.39 is 0 Å². The van der Waals surface area contributed by atoms with Crippen LogP contribution in [0.2, 0.25) is 0 Å². The van der Waals surface area contributed by atoms with Crippen LogP contribution in [-0.2, 0) is 0 Å². The fourth-order valence-electron chi connectivity index (χ4n) is 1.57. The van der Waals surface area contributed by atoms with Crippen molar-refractivity contribution in [1.29, 1.82) is 0 Å². The molecule has 1 aromatic carbocycles. The van der Waals surface area contributed by atoms with Crippen LogP contribution in [0.1, 0.15) is 18.0 Å². The van der Waals surface area contributed by atoms with Crippen molar-refractivity contribution in [3.63, 3.8) is 0 Å². The predicted octanol–water partition coefficient (Wildman–Crippen LogP) is 2.07. The molecule has 1 unspecified atom stereocenters. The van der Waals surface area contributed by atoms with Crippen molar-refractivity contribution >= 4 is 11.8 Å². The molecular formula is C13H21NO2S. The van der Waals surface area contributed by atoms with E-state index in [1.807, 2.05) is 30.9 Å². The number of rotatable bonds is 8. The minimum atomic E-state index is 0.274. The first kappa shape index (κ1) is 14.4. The number of hydrogen-bond acceptors (Lipinski definition) is 4. The van der Waals surface area contributed by atoms with Crippen molar-refractivity contribution in [2.75, 3.05) is 32.3 Å². The van der Waals surface area contributed by atoms with Gasteiger partial charge in [0.05, 0.1) is 7.11 Å². The minimum Gasteiger partial charge on any atom is -0.497 e. The smallest absolute Gasteiger partial charge is 0.119 e. The molecule has 2 N–H and O–H groups in total. The van der Waals surface area contributed by atoms with Crippen LogP contribution in [0.15, 0.2) is 24.3 Å². The summed E-state index contributed by atoms with van der Waals surface area (Å²) < 4.78 is 5.22. The van der Waals surface area contributed by atoms with Gasteiger partial charge in [0.15, 0.2) is 0 Å². The second-order valence-electron chi connectivity index (χ2n) is 3.77. The summed E-state index contributed by atoms with van der Waals surface area (Å²) in [5.74, 6) is 2.89. The van der Waals surface area contributed by atoms with Crippen LogP contribution in [0.4, 0.5) is 0 Å². The first-order valence-electron chi connectivity index (χ1n) is 5.81. The third-order valence-electron chi connectivity index (χ3n) is 2.58. The van der Waals surface area contributed by atoms with E-state index in [-0.39, 0.29) is 6.61 Å². The summed E-state index contributed by atoms with van der Waals surface area (Å²) in [4.78, 5) is 0. The molecule has 3 nitrogen and oxygen atoms in total. The molecule has 0 aromatic heterocycles. The Balaban J connectivity index is 2.53. The van der Waals surface area contributed by atoms with Gasteiger partial charge in [0.25, 0.3) is 0 Å². The summed E-state index contributed by atoms with van der Waals surface area (Å²) in [6.07, 6.45) is 0.860. The Bertz CT molecular complexity index is 320. The van der Waals surface area contributed by atoms with Gasteiger partial charge in [-0.3, -0.25) is 0 Å². The Morgan fingerprint density at radius 1 is 1.47 bits per heavy atom. The van der Waals surface area contributed by atoms with Gasteiger partial charge in [-0.2, -0.15) is 11.8 Å². The lowest BCUT2D eigenvalue weighted by Crippen LogP contribution is -2.19. The largest absolute Gasteiger partial charge is 0.497 e. The molecule has 0 heterocycles. The lowest BCUT2D eigenvalue weighted by molar-refractivity contribution is 0.296. The first-order chi connectivity index (χ1) is 8.31. The van der Waals surface area contributed by atoms with Gasteiger partial charge in [-0.1, -0.05) is 12.1 Å². The van der Waals surface area contributed by atoms with Crippen LogP contribution in [0, 0.1) is 0 Å². The maximum atomic E-state index is 8.73. The Morgan fingerprint density at radius 3 is 2.94 bits per heavy atom. The molecule has 1 aromatic rings. The van der Waals surface area contributed by atoms with Gasteiger partial charge >= 0.3 is 0 Å². The number of thioether (sulfide) groups is 1. The number of ether oxygens (including phenoxy) is 1. The normalized spacial score (nSPS) is 12.4. The molecule has 0 amide bonds. The third kappa shape index (κ3) is 4.98. The van der Waals surface area contributed by atoms with Gasteiger partial charge in [0.1, 0.15) is 5.75 Å². The zero-order chi connectivity index (χ0) is 12.5. The van der Waals surface area contributed by atoms with Gasteiger partial charge in [-0.15, -0.1) is 0 Å². The van der Waals surface area contributed by atoms with Crippen LogP contribution >= 0.6 is 11.8 Å². The molecule has 0 radical (unpaired) electrons. The van der Waals surface area contributed by atoms with Crippen LogP contribution in [0.25, 0.3) is 0 Å². The molecule has 0 spiro atoms. The highest BCUT2D eigenvalue weighted by Gasteiger charge is 2.09. The molecule has 1 atom stereocenters. The number of aliphatic hydroxyl groups excluding tert-OH is 1. The predicted molar refractivity (Wildman–Crippen MR) is 73.8 cm³/mol. The van der Waals surface area contributed by atoms with Crippen LogP contribution < -0.4 is 10.1 Å². The summed E-state index contributed by atoms with van der Waals surface area (Å²) in [6, 6.07) is 8.46. The molecule has 17 heavy (non-hydrogen) atoms. The van der Waals surface area contributed by atoms with E-state index in [1.54, 1.807) is 7.11 Å². The molecule has 0 aliphatic heterocycles. The van der Waals surface area contributed by atoms with E-state index in [1.165, 1.54) is 5.56 Å². The highest BCUT2D eigenvalue weighted by molar-refractivity contribution is 7.99. The summed E-state index contributed by atoms with van der Waals surface area (Å²) in [5, 5.41) is 12.0. The molecule has 96 valence electrons. The van der Waals surface area contributed by atoms with Crippen molar-refractivity contribution in [1.82, 2.24) is 5.32 Å². The first-order valence-corrected chi connectivity index (χ1v) is 6.97. The Hall–Kier alpha value is -0.710. The number of hydrogen-bond donors (Lipinski definition) is 2. The molecule has 0 bridgehead atoms. The van der Waals surface area contributed by atoms with E-state index in [0.717, 1.165) is 23.7 Å². The average Bonchev–Trinajstić information content (AvgIpc) is 2.39. The minimum absolute atomic E-state index is 0.274. The van der Waals surface area contributed by atoms with Gasteiger partial charge in [0.2, 0.25) is 0 Å². The maximum absolute atomic E-state index is 8.73. The standard InChI is InChI=1S/C13H21NO2S/c1-14-13(10-17-8-4-7-15)11-5-3-6-12(9-11)16-2/h3,5-6,9,13-15H,4,7-8,10H2,1-2H3. The van der Waals surface area contributed by atoms with E-state index in [2.05, 4.69) is 17.4 Å². The SMILES string of the molecule is CNC(CSCCCO)c1cccc(OC)c1. The third-order valence-corrected chi connectivity index (χ3v) is 3.72. The summed E-state index contributed by atoms with van der Waals surface area (Å²) in [7, 11) is 3.65. The maximum Gasteiger partial charge on any atom is 0.119 e. The van der Waals surface area contributed by atoms with E-state index in [0.29, 0.717) is 6.04 Å². The molecule has 0 aliphatic rings. The highest BCUT2D eigenvalue weighted by atomic mass is 32.2. The number of nitrogens with one attached hydrogen (secondary N) is 1. The lowest BCUT2D eigenvalue weighted by atomic mass is 10.1. The molecule has 1 rings (SSSR count). The van der Waals surface area contributed by atoms with Crippen molar-refractivity contribution in [2.24, 2.45) is 0 Å². The molecule has 0 aliphatic carbocycles. The zero-order valence-corrected chi connectivity index (χ0v) is 11.3. The van der Waals surface area contributed by atoms with Crippen molar-refractivity contribution in [3.05, 3.63) is 29.8 Å². The summed E-state index contributed by atoms with van der Waals surface area (Å²) in [6.45, 7) is 0.274. The second-order valence-corrected chi connectivity index (χ2v) is 4.92. The summed E-state index contributed by atoms with van der Waals surface area (Å²) in [5.41, 5.74) is 1.24. The number of methoxy groups -OCH3 is 1. The fraction of sp³-hybridized carbons (Fsp3) is 0.538. The van der Waals surface area contributed by atoms with Crippen LogP contribution in [-0.4, -0.2) is 37.4 Å². The molecule has 0 saturated carbocycles. The van der Waals surface area contributed by atoms with Gasteiger partial charge in [0, 0.05) is 18.4 Å². The summed E-state index contributed by atoms with van der Waals surface area (Å²) >= 11 is 1.86. The van der Waals surface area contributed by atoms with Crippen molar-refractivity contribution in [2.45, 2.75) is 12.5 Å². The Morgan fingerprint density at radius 2 is 2.29 bits per heavy atom. The van der Waals surface area contributed by atoms with E-state index in [4.69, 9.17) is 9.84 Å². The van der Waals surface area contributed by atoms with Gasteiger partial charge in [-0.05, 0) is 36.9 Å².